The van der Waals surface area contributed by atoms with Crippen LogP contribution in [0.2, 0.25) is 0 Å². The van der Waals surface area contributed by atoms with Crippen molar-refractivity contribution in [3.05, 3.63) is 66.2 Å². The van der Waals surface area contributed by atoms with Crippen LogP contribution in [-0.4, -0.2) is 41.8 Å². The molecule has 1 aliphatic rings. The molecule has 34 heavy (non-hydrogen) atoms. The quantitative estimate of drug-likeness (QED) is 0.490. The van der Waals surface area contributed by atoms with Crippen LogP contribution in [0.25, 0.3) is 11.3 Å². The molecule has 0 saturated carbocycles. The summed E-state index contributed by atoms with van der Waals surface area (Å²) in [5.41, 5.74) is 0.761. The van der Waals surface area contributed by atoms with Crippen LogP contribution in [-0.2, 0) is 14.6 Å². The Bertz CT molecular complexity index is 1330. The van der Waals surface area contributed by atoms with Crippen LogP contribution in [0, 0.1) is 0 Å². The lowest BCUT2D eigenvalue weighted by atomic mass is 10.1. The Morgan fingerprint density at radius 1 is 1.15 bits per heavy atom. The molecule has 12 heteroatoms. The molecule has 2 atom stereocenters. The Balaban J connectivity index is 1.74. The van der Waals surface area contributed by atoms with Gasteiger partial charge < -0.3 is 10.6 Å². The first kappa shape index (κ1) is 23.5. The Hall–Kier alpha value is -3.64. The van der Waals surface area contributed by atoms with Crippen molar-refractivity contribution < 1.29 is 26.8 Å². The number of anilines is 1. The summed E-state index contributed by atoms with van der Waals surface area (Å²) in [5.74, 6) is -4.70. The first-order valence-corrected chi connectivity index (χ1v) is 11.8. The van der Waals surface area contributed by atoms with Gasteiger partial charge in [0.15, 0.2) is 6.29 Å². The maximum Gasteiger partial charge on any atom is 0.341 e. The predicted octanol–water partition coefficient (Wildman–Crippen LogP) is 2.75. The summed E-state index contributed by atoms with van der Waals surface area (Å²) in [5, 5.41) is 13.0. The molecule has 1 fully saturated rings. The van der Waals surface area contributed by atoms with Gasteiger partial charge in [0.2, 0.25) is 15.7 Å². The third-order valence-electron chi connectivity index (χ3n) is 5.20. The van der Waals surface area contributed by atoms with E-state index in [-0.39, 0.29) is 24.2 Å². The molecule has 0 bridgehead atoms. The van der Waals surface area contributed by atoms with E-state index in [0.29, 0.717) is 5.69 Å². The van der Waals surface area contributed by atoms with E-state index < -0.39 is 38.3 Å². The molecule has 1 saturated heterocycles. The monoisotopic (exact) mass is 489 g/mol. The maximum absolute atomic E-state index is 13.2. The molecule has 2 amide bonds. The van der Waals surface area contributed by atoms with E-state index >= 15 is 0 Å². The highest BCUT2D eigenvalue weighted by Crippen LogP contribution is 2.27. The SMILES string of the molecule is CC1CC(=O)NC(n2nc(-c3ccccc3)cc2NC(=O)c2ccccc2S(=O)(=O)C(F)F)N1. The second-order valence-corrected chi connectivity index (χ2v) is 9.61. The molecule has 3 aromatic rings. The van der Waals surface area contributed by atoms with Gasteiger partial charge in [-0.3, -0.25) is 14.9 Å². The molecule has 1 aliphatic heterocycles. The summed E-state index contributed by atoms with van der Waals surface area (Å²) in [6, 6.07) is 15.1. The van der Waals surface area contributed by atoms with Gasteiger partial charge in [0.25, 0.3) is 5.91 Å². The molecule has 178 valence electrons. The number of carbonyl (C=O) groups is 2. The molecule has 0 spiro atoms. The van der Waals surface area contributed by atoms with E-state index in [1.54, 1.807) is 30.3 Å². The highest BCUT2D eigenvalue weighted by molar-refractivity contribution is 7.91. The van der Waals surface area contributed by atoms with Crippen molar-refractivity contribution in [3.63, 3.8) is 0 Å². The number of carbonyl (C=O) groups excluding carboxylic acids is 2. The number of nitrogens with zero attached hydrogens (tertiary/aromatic N) is 2. The standard InChI is InChI=1S/C22H21F2N5O4S/c1-13-11-19(30)27-22(25-13)29-18(12-16(28-29)14-7-3-2-4-8-14)26-20(31)15-9-5-6-10-17(15)34(32,33)21(23)24/h2-10,12-13,21-22,25H,11H2,1H3,(H,26,31)(H,27,30). The third kappa shape index (κ3) is 4.68. The highest BCUT2D eigenvalue weighted by atomic mass is 32.2. The predicted molar refractivity (Wildman–Crippen MR) is 120 cm³/mol. The number of hydrogen-bond acceptors (Lipinski definition) is 6. The highest BCUT2D eigenvalue weighted by Gasteiger charge is 2.32. The summed E-state index contributed by atoms with van der Waals surface area (Å²) in [7, 11) is -5.01. The molecule has 0 radical (unpaired) electrons. The largest absolute Gasteiger partial charge is 0.341 e. The molecule has 0 aliphatic carbocycles. The number of halogens is 2. The summed E-state index contributed by atoms with van der Waals surface area (Å²) in [6.45, 7) is 1.82. The minimum absolute atomic E-state index is 0.125. The van der Waals surface area contributed by atoms with Crippen molar-refractivity contribution in [1.29, 1.82) is 0 Å². The Labute approximate surface area is 194 Å². The molecule has 2 aromatic carbocycles. The summed E-state index contributed by atoms with van der Waals surface area (Å²) in [6.07, 6.45) is -0.548. The minimum Gasteiger partial charge on any atom is -0.322 e. The number of sulfone groups is 1. The number of aromatic nitrogens is 2. The molecule has 9 nitrogen and oxygen atoms in total. The zero-order chi connectivity index (χ0) is 24.5. The molecular weight excluding hydrogens is 468 g/mol. The zero-order valence-electron chi connectivity index (χ0n) is 17.9. The third-order valence-corrected chi connectivity index (χ3v) is 6.63. The van der Waals surface area contributed by atoms with Crippen LogP contribution >= 0.6 is 0 Å². The molecule has 1 aromatic heterocycles. The number of alkyl halides is 2. The van der Waals surface area contributed by atoms with E-state index in [9.17, 15) is 26.8 Å². The zero-order valence-corrected chi connectivity index (χ0v) is 18.7. The van der Waals surface area contributed by atoms with E-state index in [1.807, 2.05) is 13.0 Å². The van der Waals surface area contributed by atoms with E-state index in [0.717, 1.165) is 17.7 Å². The van der Waals surface area contributed by atoms with Gasteiger partial charge in [0.05, 0.1) is 16.2 Å². The Morgan fingerprint density at radius 3 is 2.50 bits per heavy atom. The van der Waals surface area contributed by atoms with Crippen molar-refractivity contribution in [2.45, 2.75) is 36.3 Å². The number of benzene rings is 2. The smallest absolute Gasteiger partial charge is 0.322 e. The molecular formula is C22H21F2N5O4S. The number of hydrogen-bond donors (Lipinski definition) is 3. The average Bonchev–Trinajstić information content (AvgIpc) is 3.22. The molecule has 3 N–H and O–H groups in total. The van der Waals surface area contributed by atoms with Crippen molar-refractivity contribution in [2.24, 2.45) is 0 Å². The van der Waals surface area contributed by atoms with Gasteiger partial charge in [0.1, 0.15) is 5.82 Å². The lowest BCUT2D eigenvalue weighted by Gasteiger charge is -2.30. The average molecular weight is 490 g/mol. The van der Waals surface area contributed by atoms with Crippen molar-refractivity contribution in [2.75, 3.05) is 5.32 Å². The van der Waals surface area contributed by atoms with Gasteiger partial charge >= 0.3 is 5.76 Å². The number of amides is 2. The van der Waals surface area contributed by atoms with Gasteiger partial charge in [-0.1, -0.05) is 42.5 Å². The maximum atomic E-state index is 13.2. The van der Waals surface area contributed by atoms with Crippen LogP contribution in [0.3, 0.4) is 0 Å². The molecule has 4 rings (SSSR count). The van der Waals surface area contributed by atoms with Gasteiger partial charge in [-0.25, -0.2) is 13.1 Å². The van der Waals surface area contributed by atoms with Crippen molar-refractivity contribution >= 4 is 27.5 Å². The summed E-state index contributed by atoms with van der Waals surface area (Å²) < 4.78 is 51.8. The first-order chi connectivity index (χ1) is 16.2. The normalized spacial score (nSPS) is 18.5. The van der Waals surface area contributed by atoms with Gasteiger partial charge in [-0.15, -0.1) is 0 Å². The van der Waals surface area contributed by atoms with Gasteiger partial charge in [0, 0.05) is 24.1 Å². The van der Waals surface area contributed by atoms with Crippen LogP contribution in [0.15, 0.2) is 65.6 Å². The van der Waals surface area contributed by atoms with E-state index in [1.165, 1.54) is 16.8 Å². The second-order valence-electron chi connectivity index (χ2n) is 7.72. The van der Waals surface area contributed by atoms with Crippen LogP contribution < -0.4 is 16.0 Å². The molecule has 2 heterocycles. The van der Waals surface area contributed by atoms with E-state index in [2.05, 4.69) is 21.0 Å². The first-order valence-electron chi connectivity index (χ1n) is 10.3. The second kappa shape index (κ2) is 9.31. The Morgan fingerprint density at radius 2 is 1.82 bits per heavy atom. The topological polar surface area (TPSA) is 122 Å². The van der Waals surface area contributed by atoms with Crippen molar-refractivity contribution in [1.82, 2.24) is 20.4 Å². The fourth-order valence-corrected chi connectivity index (χ4v) is 4.54. The number of rotatable bonds is 6. The lowest BCUT2D eigenvalue weighted by Crippen LogP contribution is -2.52. The fraction of sp³-hybridized carbons (Fsp3) is 0.227. The molecule has 2 unspecified atom stereocenters. The van der Waals surface area contributed by atoms with Crippen LogP contribution in [0.1, 0.15) is 30.0 Å². The Kier molecular flexibility index (Phi) is 6.44. The van der Waals surface area contributed by atoms with Crippen LogP contribution in [0.4, 0.5) is 14.6 Å². The summed E-state index contributed by atoms with van der Waals surface area (Å²) in [4.78, 5) is 24.4. The van der Waals surface area contributed by atoms with Gasteiger partial charge in [-0.2, -0.15) is 13.9 Å². The van der Waals surface area contributed by atoms with Crippen molar-refractivity contribution in [3.8, 4) is 11.3 Å². The number of nitrogens with one attached hydrogen (secondary N) is 3. The van der Waals surface area contributed by atoms with Crippen LogP contribution in [0.5, 0.6) is 0 Å². The fourth-order valence-electron chi connectivity index (χ4n) is 3.61. The van der Waals surface area contributed by atoms with E-state index in [4.69, 9.17) is 0 Å². The lowest BCUT2D eigenvalue weighted by molar-refractivity contribution is -0.125. The minimum atomic E-state index is -5.01. The van der Waals surface area contributed by atoms with Gasteiger partial charge in [-0.05, 0) is 19.1 Å². The summed E-state index contributed by atoms with van der Waals surface area (Å²) >= 11 is 0.